The first-order valence-electron chi connectivity index (χ1n) is 10.0. The molecule has 1 rings (SSSR count). The number of esters is 1. The van der Waals surface area contributed by atoms with Crippen LogP contribution in [0.1, 0.15) is 69.4 Å². The lowest BCUT2D eigenvalue weighted by Crippen LogP contribution is -1.99. The Morgan fingerprint density at radius 1 is 1.07 bits per heavy atom. The molecule has 0 aliphatic carbocycles. The summed E-state index contributed by atoms with van der Waals surface area (Å²) < 4.78 is 4.63. The van der Waals surface area contributed by atoms with Gasteiger partial charge in [0, 0.05) is 6.42 Å². The summed E-state index contributed by atoms with van der Waals surface area (Å²) in [6.45, 7) is 2.20. The first-order chi connectivity index (χ1) is 13.2. The Morgan fingerprint density at radius 3 is 2.56 bits per heavy atom. The smallest absolute Gasteiger partial charge is 0.305 e. The molecule has 0 heterocycles. The highest BCUT2D eigenvalue weighted by Crippen LogP contribution is 2.11. The predicted molar refractivity (Wildman–Crippen MR) is 114 cm³/mol. The minimum atomic E-state index is -0.454. The number of aliphatic hydroxyl groups is 1. The summed E-state index contributed by atoms with van der Waals surface area (Å²) in [5.74, 6) is -0.162. The van der Waals surface area contributed by atoms with Crippen LogP contribution in [-0.2, 0) is 9.53 Å². The zero-order valence-corrected chi connectivity index (χ0v) is 16.8. The number of aliphatic hydroxyl groups excluding tert-OH is 1. The number of unbranched alkanes of at least 4 members (excludes halogenated alkanes) is 4. The summed E-state index contributed by atoms with van der Waals surface area (Å²) >= 11 is 0. The fraction of sp³-hybridized carbons (Fsp3) is 0.458. The predicted octanol–water partition coefficient (Wildman–Crippen LogP) is 5.94. The van der Waals surface area contributed by atoms with Crippen LogP contribution >= 0.6 is 0 Å². The average Bonchev–Trinajstić information content (AvgIpc) is 2.69. The molecule has 0 bridgehead atoms. The van der Waals surface area contributed by atoms with Gasteiger partial charge >= 0.3 is 5.97 Å². The second-order valence-corrected chi connectivity index (χ2v) is 6.67. The highest BCUT2D eigenvalue weighted by molar-refractivity contribution is 5.69. The maximum Gasteiger partial charge on any atom is 0.305 e. The van der Waals surface area contributed by atoms with Crippen molar-refractivity contribution >= 4 is 18.1 Å². The van der Waals surface area contributed by atoms with E-state index < -0.39 is 6.10 Å². The van der Waals surface area contributed by atoms with Crippen LogP contribution in [0, 0.1) is 0 Å². The molecule has 0 aliphatic rings. The SMILES string of the molecule is CCCCCC=CCC(O)C=Cc1cccc(C=CCCCC(=O)OC)c1. The van der Waals surface area contributed by atoms with Crippen LogP contribution in [0.15, 0.2) is 48.6 Å². The lowest BCUT2D eigenvalue weighted by Gasteiger charge is -2.02. The summed E-state index contributed by atoms with van der Waals surface area (Å²) in [6.07, 6.45) is 19.3. The summed E-state index contributed by atoms with van der Waals surface area (Å²) in [5.41, 5.74) is 2.18. The van der Waals surface area contributed by atoms with Gasteiger partial charge in [0.2, 0.25) is 0 Å². The highest BCUT2D eigenvalue weighted by atomic mass is 16.5. The maximum absolute atomic E-state index is 11.1. The number of rotatable bonds is 13. The number of benzene rings is 1. The third-order valence-electron chi connectivity index (χ3n) is 4.23. The molecule has 0 amide bonds. The zero-order valence-electron chi connectivity index (χ0n) is 16.8. The van der Waals surface area contributed by atoms with Gasteiger partial charge in [0.25, 0.3) is 0 Å². The van der Waals surface area contributed by atoms with E-state index in [4.69, 9.17) is 0 Å². The largest absolute Gasteiger partial charge is 0.469 e. The fourth-order valence-corrected chi connectivity index (χ4v) is 2.62. The van der Waals surface area contributed by atoms with Crippen molar-refractivity contribution in [3.63, 3.8) is 0 Å². The van der Waals surface area contributed by atoms with Gasteiger partial charge in [0.1, 0.15) is 0 Å². The van der Waals surface area contributed by atoms with Gasteiger partial charge in [-0.1, -0.05) is 74.4 Å². The van der Waals surface area contributed by atoms with E-state index in [0.29, 0.717) is 12.8 Å². The maximum atomic E-state index is 11.1. The number of methoxy groups -OCH3 is 1. The van der Waals surface area contributed by atoms with Crippen LogP contribution in [0.4, 0.5) is 0 Å². The van der Waals surface area contributed by atoms with E-state index >= 15 is 0 Å². The zero-order chi connectivity index (χ0) is 19.7. The molecule has 0 fully saturated rings. The van der Waals surface area contributed by atoms with E-state index in [1.165, 1.54) is 26.4 Å². The first kappa shape index (κ1) is 22.9. The van der Waals surface area contributed by atoms with Gasteiger partial charge < -0.3 is 9.84 Å². The molecule has 1 aromatic carbocycles. The van der Waals surface area contributed by atoms with Gasteiger partial charge in [0.15, 0.2) is 0 Å². The molecule has 0 saturated carbocycles. The number of carbonyl (C=O) groups is 1. The van der Waals surface area contributed by atoms with Gasteiger partial charge in [-0.15, -0.1) is 0 Å². The summed E-state index contributed by atoms with van der Waals surface area (Å²) in [5, 5.41) is 10.1. The molecule has 1 atom stereocenters. The van der Waals surface area contributed by atoms with Crippen molar-refractivity contribution in [2.24, 2.45) is 0 Å². The molecule has 0 saturated heterocycles. The van der Waals surface area contributed by atoms with Crippen molar-refractivity contribution in [1.29, 1.82) is 0 Å². The first-order valence-corrected chi connectivity index (χ1v) is 10.0. The molecule has 0 aromatic heterocycles. The lowest BCUT2D eigenvalue weighted by molar-refractivity contribution is -0.140. The summed E-state index contributed by atoms with van der Waals surface area (Å²) in [7, 11) is 1.41. The molecule has 3 nitrogen and oxygen atoms in total. The van der Waals surface area contributed by atoms with Crippen molar-refractivity contribution in [3.05, 3.63) is 59.7 Å². The molecular formula is C24H34O3. The third kappa shape index (κ3) is 12.0. The Morgan fingerprint density at radius 2 is 1.81 bits per heavy atom. The Hall–Kier alpha value is -2.13. The summed E-state index contributed by atoms with van der Waals surface area (Å²) in [4.78, 5) is 11.1. The second kappa shape index (κ2) is 15.0. The molecule has 1 N–H and O–H groups in total. The molecular weight excluding hydrogens is 336 g/mol. The van der Waals surface area contributed by atoms with Crippen molar-refractivity contribution in [2.75, 3.05) is 7.11 Å². The number of carbonyl (C=O) groups excluding carboxylic acids is 1. The molecule has 0 spiro atoms. The fourth-order valence-electron chi connectivity index (χ4n) is 2.62. The van der Waals surface area contributed by atoms with E-state index in [0.717, 1.165) is 30.4 Å². The van der Waals surface area contributed by atoms with Gasteiger partial charge in [-0.3, -0.25) is 4.79 Å². The molecule has 27 heavy (non-hydrogen) atoms. The van der Waals surface area contributed by atoms with Crippen molar-refractivity contribution in [2.45, 2.75) is 64.4 Å². The van der Waals surface area contributed by atoms with Crippen LogP contribution in [0.25, 0.3) is 12.2 Å². The van der Waals surface area contributed by atoms with E-state index in [2.05, 4.69) is 42.0 Å². The normalized spacial score (nSPS) is 13.0. The minimum Gasteiger partial charge on any atom is -0.469 e. The number of hydrogen-bond donors (Lipinski definition) is 1. The monoisotopic (exact) mass is 370 g/mol. The molecule has 3 heteroatoms. The quantitative estimate of drug-likeness (QED) is 0.265. The molecule has 1 unspecified atom stereocenters. The number of allylic oxidation sites excluding steroid dienone is 2. The van der Waals surface area contributed by atoms with E-state index in [9.17, 15) is 9.90 Å². The van der Waals surface area contributed by atoms with Gasteiger partial charge in [0.05, 0.1) is 13.2 Å². The van der Waals surface area contributed by atoms with Crippen LogP contribution in [0.3, 0.4) is 0 Å². The minimum absolute atomic E-state index is 0.162. The third-order valence-corrected chi connectivity index (χ3v) is 4.23. The van der Waals surface area contributed by atoms with E-state index in [1.54, 1.807) is 0 Å². The van der Waals surface area contributed by atoms with Crippen LogP contribution < -0.4 is 0 Å². The Balaban J connectivity index is 2.39. The van der Waals surface area contributed by atoms with Crippen LogP contribution in [0.5, 0.6) is 0 Å². The highest BCUT2D eigenvalue weighted by Gasteiger charge is 1.98. The summed E-state index contributed by atoms with van der Waals surface area (Å²) in [6, 6.07) is 8.16. The molecule has 0 radical (unpaired) electrons. The second-order valence-electron chi connectivity index (χ2n) is 6.67. The van der Waals surface area contributed by atoms with Gasteiger partial charge in [-0.25, -0.2) is 0 Å². The van der Waals surface area contributed by atoms with Gasteiger partial charge in [-0.05, 0) is 49.3 Å². The molecule has 0 aliphatic heterocycles. The topological polar surface area (TPSA) is 46.5 Å². The standard InChI is InChI=1S/C24H34O3/c1-3-4-5-6-7-10-16-23(25)19-18-22-15-12-14-21(20-22)13-9-8-11-17-24(26)27-2/h7,9-10,12-15,18-20,23,25H,3-6,8,11,16-17H2,1-2H3. The Bertz CT molecular complexity index is 614. The Labute approximate surface area is 164 Å². The van der Waals surface area contributed by atoms with Crippen LogP contribution in [-0.4, -0.2) is 24.3 Å². The Kier molecular flexibility index (Phi) is 12.7. The van der Waals surface area contributed by atoms with Crippen molar-refractivity contribution < 1.29 is 14.6 Å². The van der Waals surface area contributed by atoms with Crippen molar-refractivity contribution in [3.8, 4) is 0 Å². The average molecular weight is 371 g/mol. The van der Waals surface area contributed by atoms with Crippen molar-refractivity contribution in [1.82, 2.24) is 0 Å². The van der Waals surface area contributed by atoms with Gasteiger partial charge in [-0.2, -0.15) is 0 Å². The molecule has 1 aromatic rings. The number of hydrogen-bond acceptors (Lipinski definition) is 3. The van der Waals surface area contributed by atoms with E-state index in [1.807, 2.05) is 30.4 Å². The molecule has 148 valence electrons. The van der Waals surface area contributed by atoms with E-state index in [-0.39, 0.29) is 5.97 Å². The number of ether oxygens (including phenoxy) is 1. The lowest BCUT2D eigenvalue weighted by atomic mass is 10.1. The van der Waals surface area contributed by atoms with Crippen LogP contribution in [0.2, 0.25) is 0 Å².